The molecule has 2 aliphatic carbocycles. The summed E-state index contributed by atoms with van der Waals surface area (Å²) in [5.41, 5.74) is 10.9. The van der Waals surface area contributed by atoms with Gasteiger partial charge in [-0.3, -0.25) is 0 Å². The van der Waals surface area contributed by atoms with Gasteiger partial charge in [0.1, 0.15) is 0 Å². The zero-order valence-corrected chi connectivity index (χ0v) is 27.8. The minimum absolute atomic E-state index is 0.313. The Balaban J connectivity index is 1.77. The fraction of sp³-hybridized carbons (Fsp3) is 0.550. The van der Waals surface area contributed by atoms with Crippen molar-refractivity contribution in [1.29, 1.82) is 0 Å². The van der Waals surface area contributed by atoms with Crippen LogP contribution in [-0.4, -0.2) is 0 Å². The highest BCUT2D eigenvalue weighted by molar-refractivity contribution is 5.36. The van der Waals surface area contributed by atoms with E-state index in [1.54, 1.807) is 11.1 Å². The van der Waals surface area contributed by atoms with Gasteiger partial charge in [-0.25, -0.2) is 0 Å². The largest absolute Gasteiger partial charge is 0.0850 e. The fourth-order valence-electron chi connectivity index (χ4n) is 6.25. The molecule has 0 aromatic carbocycles. The summed E-state index contributed by atoms with van der Waals surface area (Å²) in [6, 6.07) is 0. The Morgan fingerprint density at radius 2 is 1.40 bits per heavy atom. The van der Waals surface area contributed by atoms with E-state index in [4.69, 9.17) is 0 Å². The molecule has 0 aromatic rings. The zero-order chi connectivity index (χ0) is 29.8. The van der Waals surface area contributed by atoms with Crippen LogP contribution in [0, 0.1) is 16.7 Å². The Morgan fingerprint density at radius 1 is 0.825 bits per heavy atom. The Kier molecular flexibility index (Phi) is 13.7. The predicted molar refractivity (Wildman–Crippen MR) is 182 cm³/mol. The molecular formula is C40H60. The maximum Gasteiger partial charge on any atom is 0.00285 e. The summed E-state index contributed by atoms with van der Waals surface area (Å²) in [5, 5.41) is 0. The van der Waals surface area contributed by atoms with E-state index in [1.165, 1.54) is 60.0 Å². The molecule has 0 unspecified atom stereocenters. The van der Waals surface area contributed by atoms with Crippen LogP contribution in [-0.2, 0) is 0 Å². The van der Waals surface area contributed by atoms with Crippen LogP contribution in [0.3, 0.4) is 0 Å². The van der Waals surface area contributed by atoms with E-state index in [9.17, 15) is 0 Å². The van der Waals surface area contributed by atoms with Crippen LogP contribution in [0.25, 0.3) is 0 Å². The second kappa shape index (κ2) is 16.2. The Bertz CT molecular complexity index is 1110. The summed E-state index contributed by atoms with van der Waals surface area (Å²) in [7, 11) is 0. The molecular weight excluding hydrogens is 480 g/mol. The maximum absolute atomic E-state index is 2.43. The van der Waals surface area contributed by atoms with Gasteiger partial charge in [0.2, 0.25) is 0 Å². The summed E-state index contributed by atoms with van der Waals surface area (Å²) in [4.78, 5) is 0. The van der Waals surface area contributed by atoms with Gasteiger partial charge in [-0.05, 0) is 116 Å². The molecule has 0 nitrogen and oxygen atoms in total. The fourth-order valence-corrected chi connectivity index (χ4v) is 6.25. The second-order valence-electron chi connectivity index (χ2n) is 14.0. The third kappa shape index (κ3) is 11.6. The zero-order valence-electron chi connectivity index (χ0n) is 27.8. The molecule has 220 valence electrons. The average molecular weight is 541 g/mol. The predicted octanol–water partition coefficient (Wildman–Crippen LogP) is 12.9. The Labute approximate surface area is 249 Å². The molecule has 40 heavy (non-hydrogen) atoms. The van der Waals surface area contributed by atoms with Gasteiger partial charge < -0.3 is 0 Å². The number of hydrogen-bond donors (Lipinski definition) is 0. The van der Waals surface area contributed by atoms with Crippen LogP contribution in [0.2, 0.25) is 0 Å². The van der Waals surface area contributed by atoms with Gasteiger partial charge in [-0.15, -0.1) is 0 Å². The molecule has 0 N–H and O–H groups in total. The second-order valence-corrected chi connectivity index (χ2v) is 14.0. The van der Waals surface area contributed by atoms with E-state index in [0.717, 1.165) is 25.7 Å². The lowest BCUT2D eigenvalue weighted by Gasteiger charge is -2.36. The summed E-state index contributed by atoms with van der Waals surface area (Å²) in [6.07, 6.45) is 36.4. The molecule has 0 heterocycles. The molecule has 1 atom stereocenters. The van der Waals surface area contributed by atoms with Gasteiger partial charge >= 0.3 is 0 Å². The minimum Gasteiger partial charge on any atom is -0.0850 e. The average Bonchev–Trinajstić information content (AvgIpc) is 2.85. The third-order valence-electron chi connectivity index (χ3n) is 9.08. The smallest absolute Gasteiger partial charge is 0.00285 e. The van der Waals surface area contributed by atoms with Gasteiger partial charge in [0, 0.05) is 5.92 Å². The highest BCUT2D eigenvalue weighted by Gasteiger charge is 2.30. The maximum atomic E-state index is 2.43. The van der Waals surface area contributed by atoms with Crippen molar-refractivity contribution < 1.29 is 0 Å². The molecule has 2 aliphatic rings. The molecule has 2 rings (SSSR count). The summed E-state index contributed by atoms with van der Waals surface area (Å²) in [6.45, 7) is 23.2. The molecule has 0 spiro atoms. The molecule has 0 heteroatoms. The van der Waals surface area contributed by atoms with Crippen molar-refractivity contribution in [2.45, 2.75) is 127 Å². The van der Waals surface area contributed by atoms with Crippen LogP contribution in [0.1, 0.15) is 127 Å². The first-order valence-electron chi connectivity index (χ1n) is 15.9. The summed E-state index contributed by atoms with van der Waals surface area (Å²) < 4.78 is 0. The first-order chi connectivity index (χ1) is 18.8. The number of rotatable bonds is 12. The van der Waals surface area contributed by atoms with Crippen molar-refractivity contribution in [2.24, 2.45) is 16.7 Å². The van der Waals surface area contributed by atoms with E-state index in [2.05, 4.69) is 136 Å². The quantitative estimate of drug-likeness (QED) is 0.170. The number of hydrogen-bond acceptors (Lipinski definition) is 0. The molecule has 0 radical (unpaired) electrons. The van der Waals surface area contributed by atoms with Crippen LogP contribution in [0.4, 0.5) is 0 Å². The first-order valence-corrected chi connectivity index (χ1v) is 15.9. The molecule has 0 fully saturated rings. The molecule has 0 amide bonds. The van der Waals surface area contributed by atoms with Crippen LogP contribution in [0.15, 0.2) is 106 Å². The van der Waals surface area contributed by atoms with E-state index < -0.39 is 0 Å². The SMILES string of the molecule is CC1=CCCC(C)(C)[C@H]1/C=C/C(C)=C/CC/C(C)=C/C=C/C=C(\C)CC/C=C(C)/C=C/C1=C(C)CCCC1(C)C. The van der Waals surface area contributed by atoms with E-state index in [0.29, 0.717) is 16.7 Å². The lowest BCUT2D eigenvalue weighted by atomic mass is 9.68. The van der Waals surface area contributed by atoms with Crippen molar-refractivity contribution in [3.63, 3.8) is 0 Å². The Hall–Kier alpha value is -2.34. The van der Waals surface area contributed by atoms with E-state index in [-0.39, 0.29) is 0 Å². The van der Waals surface area contributed by atoms with E-state index >= 15 is 0 Å². The standard InChI is InChI=1S/C40H60/c1-31(19-13-21-33(3)25-27-37-35(5)23-15-29-39(37,7)8)17-11-12-18-32(2)20-14-22-34(4)26-28-38-36(6)24-16-30-40(38,9)10/h11-12,17-18,21-23,25-28,37H,13-16,19-20,24,29-30H2,1-10H3/b12-11+,27-25+,28-26+,31-17+,32-18+,33-21+,34-22+/t37-/m0/s1. The highest BCUT2D eigenvalue weighted by atomic mass is 14.3. The van der Waals surface area contributed by atoms with Gasteiger partial charge in [0.25, 0.3) is 0 Å². The lowest BCUT2D eigenvalue weighted by molar-refractivity contribution is 0.255. The van der Waals surface area contributed by atoms with Gasteiger partial charge in [-0.1, -0.05) is 128 Å². The topological polar surface area (TPSA) is 0 Å². The summed E-state index contributed by atoms with van der Waals surface area (Å²) >= 11 is 0. The Morgan fingerprint density at radius 3 is 1.95 bits per heavy atom. The first kappa shape index (κ1) is 33.9. The van der Waals surface area contributed by atoms with Crippen molar-refractivity contribution >= 4 is 0 Å². The third-order valence-corrected chi connectivity index (χ3v) is 9.08. The molecule has 0 saturated carbocycles. The van der Waals surface area contributed by atoms with Crippen LogP contribution >= 0.6 is 0 Å². The van der Waals surface area contributed by atoms with Gasteiger partial charge in [0.05, 0.1) is 0 Å². The van der Waals surface area contributed by atoms with E-state index in [1.807, 2.05) is 0 Å². The molecule has 0 bridgehead atoms. The van der Waals surface area contributed by atoms with Gasteiger partial charge in [0.15, 0.2) is 0 Å². The van der Waals surface area contributed by atoms with Crippen molar-refractivity contribution in [2.75, 3.05) is 0 Å². The minimum atomic E-state index is 0.313. The molecule has 0 saturated heterocycles. The van der Waals surface area contributed by atoms with Crippen LogP contribution < -0.4 is 0 Å². The van der Waals surface area contributed by atoms with Crippen molar-refractivity contribution in [1.82, 2.24) is 0 Å². The van der Waals surface area contributed by atoms with Crippen molar-refractivity contribution in [3.05, 3.63) is 106 Å². The molecule has 0 aromatic heterocycles. The lowest BCUT2D eigenvalue weighted by Crippen LogP contribution is -2.26. The van der Waals surface area contributed by atoms with Crippen molar-refractivity contribution in [3.8, 4) is 0 Å². The monoisotopic (exact) mass is 540 g/mol. The normalized spacial score (nSPS) is 23.1. The van der Waals surface area contributed by atoms with Crippen LogP contribution in [0.5, 0.6) is 0 Å². The van der Waals surface area contributed by atoms with Gasteiger partial charge in [-0.2, -0.15) is 0 Å². The highest BCUT2D eigenvalue weighted by Crippen LogP contribution is 2.42. The molecule has 0 aliphatic heterocycles. The number of allylic oxidation sites excluding steroid dienone is 18. The summed E-state index contributed by atoms with van der Waals surface area (Å²) in [5.74, 6) is 0.561.